The molecule has 19 heavy (non-hydrogen) atoms. The summed E-state index contributed by atoms with van der Waals surface area (Å²) in [6, 6.07) is 5.62. The predicted molar refractivity (Wildman–Crippen MR) is 78.2 cm³/mol. The van der Waals surface area contributed by atoms with Gasteiger partial charge in [-0.15, -0.1) is 11.3 Å². The van der Waals surface area contributed by atoms with Crippen LogP contribution in [0.15, 0.2) is 12.1 Å². The first-order valence-corrected chi connectivity index (χ1v) is 7.28. The molecule has 0 aliphatic heterocycles. The Morgan fingerprint density at radius 3 is 2.79 bits per heavy atom. The van der Waals surface area contributed by atoms with Crippen molar-refractivity contribution in [1.82, 2.24) is 10.2 Å². The van der Waals surface area contributed by atoms with Crippen molar-refractivity contribution < 1.29 is 4.79 Å². The van der Waals surface area contributed by atoms with E-state index in [1.54, 1.807) is 11.9 Å². The molecule has 0 saturated heterocycles. The lowest BCUT2D eigenvalue weighted by atomic mass is 10.2. The average molecular weight is 300 g/mol. The minimum Gasteiger partial charge on any atom is -0.343 e. The number of nitrogens with one attached hydrogen (secondary N) is 1. The van der Waals surface area contributed by atoms with Crippen LogP contribution < -0.4 is 5.32 Å². The molecule has 0 bridgehead atoms. The molecule has 104 valence electrons. The van der Waals surface area contributed by atoms with Crippen LogP contribution in [0.25, 0.3) is 0 Å². The number of hydrogen-bond acceptors (Lipinski definition) is 4. The van der Waals surface area contributed by atoms with Crippen LogP contribution >= 0.6 is 22.9 Å². The van der Waals surface area contributed by atoms with Crippen molar-refractivity contribution in [2.45, 2.75) is 32.4 Å². The Kier molecular flexibility index (Phi) is 6.29. The number of carbonyl (C=O) groups is 1. The quantitative estimate of drug-likeness (QED) is 0.879. The van der Waals surface area contributed by atoms with E-state index < -0.39 is 0 Å². The van der Waals surface area contributed by atoms with Gasteiger partial charge in [0.2, 0.25) is 5.91 Å². The molecule has 0 unspecified atom stereocenters. The number of nitriles is 1. The molecule has 0 radical (unpaired) electrons. The van der Waals surface area contributed by atoms with Gasteiger partial charge in [-0.2, -0.15) is 5.26 Å². The van der Waals surface area contributed by atoms with Gasteiger partial charge >= 0.3 is 0 Å². The highest BCUT2D eigenvalue weighted by atomic mass is 35.5. The molecule has 6 heteroatoms. The molecule has 0 fully saturated rings. The lowest BCUT2D eigenvalue weighted by Gasteiger charge is -2.23. The summed E-state index contributed by atoms with van der Waals surface area (Å²) in [7, 11) is 1.71. The maximum atomic E-state index is 12.1. The smallest absolute Gasteiger partial charge is 0.239 e. The van der Waals surface area contributed by atoms with Crippen LogP contribution in [-0.4, -0.2) is 30.4 Å². The molecule has 2 atom stereocenters. The second kappa shape index (κ2) is 7.49. The molecule has 0 aromatic carbocycles. The van der Waals surface area contributed by atoms with Crippen molar-refractivity contribution >= 4 is 28.8 Å². The van der Waals surface area contributed by atoms with Gasteiger partial charge < -0.3 is 4.90 Å². The van der Waals surface area contributed by atoms with Crippen molar-refractivity contribution in [3.8, 4) is 6.07 Å². The summed E-state index contributed by atoms with van der Waals surface area (Å²) in [5, 5.41) is 11.8. The van der Waals surface area contributed by atoms with Gasteiger partial charge in [-0.25, -0.2) is 0 Å². The van der Waals surface area contributed by atoms with Crippen LogP contribution in [0.1, 0.15) is 31.2 Å². The Hall–Kier alpha value is -1.09. The molecule has 0 saturated carbocycles. The summed E-state index contributed by atoms with van der Waals surface area (Å²) in [5.74, 6) is -0.00949. The van der Waals surface area contributed by atoms with Crippen molar-refractivity contribution in [3.05, 3.63) is 21.3 Å². The molecule has 1 amide bonds. The fourth-order valence-electron chi connectivity index (χ4n) is 1.75. The number of amides is 1. The summed E-state index contributed by atoms with van der Waals surface area (Å²) in [4.78, 5) is 14.7. The van der Waals surface area contributed by atoms with Gasteiger partial charge in [-0.3, -0.25) is 10.1 Å². The summed E-state index contributed by atoms with van der Waals surface area (Å²) >= 11 is 7.40. The van der Waals surface area contributed by atoms with E-state index in [1.165, 1.54) is 11.3 Å². The third-order valence-electron chi connectivity index (χ3n) is 2.83. The Balaban J connectivity index is 2.52. The van der Waals surface area contributed by atoms with E-state index in [0.29, 0.717) is 13.0 Å². The van der Waals surface area contributed by atoms with Crippen molar-refractivity contribution in [1.29, 1.82) is 5.26 Å². The Labute approximate surface area is 123 Å². The van der Waals surface area contributed by atoms with Crippen LogP contribution in [0.4, 0.5) is 0 Å². The number of thiophene rings is 1. The lowest BCUT2D eigenvalue weighted by Crippen LogP contribution is -2.44. The fourth-order valence-corrected chi connectivity index (χ4v) is 2.82. The first kappa shape index (κ1) is 16.0. The van der Waals surface area contributed by atoms with Crippen LogP contribution in [-0.2, 0) is 4.79 Å². The van der Waals surface area contributed by atoms with E-state index >= 15 is 0 Å². The maximum Gasteiger partial charge on any atom is 0.239 e. The third-order valence-corrected chi connectivity index (χ3v) is 4.24. The van der Waals surface area contributed by atoms with Crippen LogP contribution in [0, 0.1) is 11.3 Å². The molecule has 4 nitrogen and oxygen atoms in total. The molecule has 1 heterocycles. The summed E-state index contributed by atoms with van der Waals surface area (Å²) in [6.45, 7) is 4.29. The van der Waals surface area contributed by atoms with E-state index in [0.717, 1.165) is 9.21 Å². The van der Waals surface area contributed by atoms with Crippen molar-refractivity contribution in [2.75, 3.05) is 13.6 Å². The van der Waals surface area contributed by atoms with Gasteiger partial charge in [0, 0.05) is 24.5 Å². The van der Waals surface area contributed by atoms with Crippen LogP contribution in [0.5, 0.6) is 0 Å². The standard InChI is InChI=1S/C13H18ClN3OS/c1-9(11-5-6-12(14)19-11)16-10(2)13(18)17(3)8-4-7-15/h5-6,9-10,16H,4,8H2,1-3H3/t9-,10+/m0/s1. The lowest BCUT2D eigenvalue weighted by molar-refractivity contribution is -0.131. The molecule has 0 spiro atoms. The number of halogens is 1. The maximum absolute atomic E-state index is 12.1. The molecular formula is C13H18ClN3OS. The molecular weight excluding hydrogens is 282 g/mol. The number of hydrogen-bond donors (Lipinski definition) is 1. The van der Waals surface area contributed by atoms with Gasteiger partial charge in [0.15, 0.2) is 0 Å². The molecule has 1 aromatic rings. The second-order valence-corrected chi connectivity index (χ2v) is 6.17. The largest absolute Gasteiger partial charge is 0.343 e. The number of nitrogens with zero attached hydrogens (tertiary/aromatic N) is 2. The van der Waals surface area contributed by atoms with Crippen molar-refractivity contribution in [2.24, 2.45) is 0 Å². The molecule has 1 N–H and O–H groups in total. The van der Waals surface area contributed by atoms with Crippen LogP contribution in [0.3, 0.4) is 0 Å². The first-order chi connectivity index (χ1) is 8.95. The zero-order valence-corrected chi connectivity index (χ0v) is 12.9. The molecule has 1 rings (SSSR count). The van der Waals surface area contributed by atoms with Gasteiger partial charge in [0.05, 0.1) is 22.9 Å². The summed E-state index contributed by atoms with van der Waals surface area (Å²) < 4.78 is 0.744. The number of rotatable bonds is 6. The van der Waals surface area contributed by atoms with Gasteiger partial charge in [-0.1, -0.05) is 11.6 Å². The van der Waals surface area contributed by atoms with E-state index in [9.17, 15) is 4.79 Å². The minimum atomic E-state index is -0.292. The highest BCUT2D eigenvalue weighted by molar-refractivity contribution is 7.16. The monoisotopic (exact) mass is 299 g/mol. The topological polar surface area (TPSA) is 56.1 Å². The fraction of sp³-hybridized carbons (Fsp3) is 0.538. The predicted octanol–water partition coefficient (Wildman–Crippen LogP) is 2.81. The highest BCUT2D eigenvalue weighted by Gasteiger charge is 2.20. The summed E-state index contributed by atoms with van der Waals surface area (Å²) in [6.07, 6.45) is 0.352. The zero-order valence-electron chi connectivity index (χ0n) is 11.3. The van der Waals surface area contributed by atoms with Crippen molar-refractivity contribution in [3.63, 3.8) is 0 Å². The Morgan fingerprint density at radius 2 is 2.26 bits per heavy atom. The van der Waals surface area contributed by atoms with E-state index in [4.69, 9.17) is 16.9 Å². The number of carbonyl (C=O) groups excluding carboxylic acids is 1. The summed E-state index contributed by atoms with van der Waals surface area (Å²) in [5.41, 5.74) is 0. The van der Waals surface area contributed by atoms with Gasteiger partial charge in [0.1, 0.15) is 0 Å². The highest BCUT2D eigenvalue weighted by Crippen LogP contribution is 2.26. The number of likely N-dealkylation sites (N-methyl/N-ethyl adjacent to an activating group) is 1. The normalized spacial score (nSPS) is 13.6. The first-order valence-electron chi connectivity index (χ1n) is 6.09. The third kappa shape index (κ3) is 4.83. The average Bonchev–Trinajstić information content (AvgIpc) is 2.81. The zero-order chi connectivity index (χ0) is 14.4. The molecule has 1 aromatic heterocycles. The van der Waals surface area contributed by atoms with E-state index in [-0.39, 0.29) is 18.0 Å². The van der Waals surface area contributed by atoms with E-state index in [2.05, 4.69) is 5.32 Å². The SMILES string of the molecule is C[C@H](N[C@H](C)C(=O)N(C)CCC#N)c1ccc(Cl)s1. The van der Waals surface area contributed by atoms with Gasteiger partial charge in [-0.05, 0) is 26.0 Å². The molecule has 0 aliphatic carbocycles. The molecule has 0 aliphatic rings. The Morgan fingerprint density at radius 1 is 1.58 bits per heavy atom. The van der Waals surface area contributed by atoms with Crippen LogP contribution in [0.2, 0.25) is 4.34 Å². The second-order valence-electron chi connectivity index (χ2n) is 4.42. The Bertz CT molecular complexity index is 469. The minimum absolute atomic E-state index is 0.00949. The van der Waals surface area contributed by atoms with E-state index in [1.807, 2.05) is 32.0 Å². The van der Waals surface area contributed by atoms with Gasteiger partial charge in [0.25, 0.3) is 0 Å².